The van der Waals surface area contributed by atoms with E-state index in [0.29, 0.717) is 12.6 Å². The predicted octanol–water partition coefficient (Wildman–Crippen LogP) is 4.69. The van der Waals surface area contributed by atoms with Gasteiger partial charge in [-0.25, -0.2) is 0 Å². The van der Waals surface area contributed by atoms with Crippen LogP contribution in [0.1, 0.15) is 36.5 Å². The fourth-order valence-corrected chi connectivity index (χ4v) is 4.99. The number of carbonyl (C=O) groups is 1. The molecule has 2 heterocycles. The molecule has 0 bridgehead atoms. The van der Waals surface area contributed by atoms with Crippen molar-refractivity contribution in [1.82, 2.24) is 4.90 Å². The van der Waals surface area contributed by atoms with E-state index in [2.05, 4.69) is 17.9 Å². The third-order valence-corrected chi connectivity index (χ3v) is 6.65. The van der Waals surface area contributed by atoms with Gasteiger partial charge < -0.3 is 14.5 Å². The van der Waals surface area contributed by atoms with E-state index >= 15 is 0 Å². The molecule has 1 saturated heterocycles. The average molecular weight is 397 g/mol. The second-order valence-electron chi connectivity index (χ2n) is 7.53. The molecule has 148 valence electrons. The Morgan fingerprint density at radius 3 is 2.82 bits per heavy atom. The lowest BCUT2D eigenvalue weighted by Crippen LogP contribution is -2.35. The Morgan fingerprint density at radius 1 is 1.18 bits per heavy atom. The number of hydrogen-bond donors (Lipinski definition) is 0. The van der Waals surface area contributed by atoms with E-state index in [-0.39, 0.29) is 5.91 Å². The van der Waals surface area contributed by atoms with Crippen LogP contribution in [-0.4, -0.2) is 48.8 Å². The quantitative estimate of drug-likeness (QED) is 0.663. The molecule has 4 rings (SSSR count). The zero-order chi connectivity index (χ0) is 19.3. The number of ether oxygens (including phenoxy) is 1. The number of thioether (sulfide) groups is 1. The van der Waals surface area contributed by atoms with Crippen LogP contribution in [0.2, 0.25) is 0 Å². The average Bonchev–Trinajstić information content (AvgIpc) is 3.15. The maximum atomic E-state index is 13.0. The molecule has 2 aliphatic heterocycles. The van der Waals surface area contributed by atoms with Crippen molar-refractivity contribution in [3.05, 3.63) is 54.1 Å². The number of likely N-dealkylation sites (tertiary alicyclic amines) is 1. The molecule has 5 heteroatoms. The van der Waals surface area contributed by atoms with Gasteiger partial charge in [0, 0.05) is 41.4 Å². The number of amides is 1. The van der Waals surface area contributed by atoms with Crippen molar-refractivity contribution in [2.45, 2.75) is 37.1 Å². The van der Waals surface area contributed by atoms with Crippen LogP contribution in [0, 0.1) is 0 Å². The van der Waals surface area contributed by atoms with Gasteiger partial charge in [-0.2, -0.15) is 0 Å². The van der Waals surface area contributed by atoms with Crippen LogP contribution in [0.25, 0.3) is 0 Å². The molecule has 1 unspecified atom stereocenters. The van der Waals surface area contributed by atoms with Gasteiger partial charge >= 0.3 is 0 Å². The summed E-state index contributed by atoms with van der Waals surface area (Å²) in [5.41, 5.74) is 1.70. The highest BCUT2D eigenvalue weighted by Crippen LogP contribution is 2.38. The second-order valence-corrected chi connectivity index (χ2v) is 8.67. The van der Waals surface area contributed by atoms with Gasteiger partial charge in [0.25, 0.3) is 5.91 Å². The summed E-state index contributed by atoms with van der Waals surface area (Å²) in [4.78, 5) is 18.6. The van der Waals surface area contributed by atoms with Crippen LogP contribution < -0.4 is 9.64 Å². The maximum absolute atomic E-state index is 13.0. The Balaban J connectivity index is 1.40. The number of nitrogens with zero attached hydrogens (tertiary/aromatic N) is 2. The Morgan fingerprint density at radius 2 is 2.04 bits per heavy atom. The van der Waals surface area contributed by atoms with E-state index < -0.39 is 0 Å². The zero-order valence-corrected chi connectivity index (χ0v) is 17.3. The summed E-state index contributed by atoms with van der Waals surface area (Å²) in [6.45, 7) is 6.06. The van der Waals surface area contributed by atoms with Gasteiger partial charge in [-0.15, -0.1) is 11.8 Å². The standard InChI is InChI=1S/C23H28N2O2S/c1-18-7-5-12-24(18)13-6-15-27-20-10-11-22-21(17-20)25(14-16-28-22)23(26)19-8-3-2-4-9-19/h2-4,8-11,17-18H,5-7,12-16H2,1H3. The molecular weight excluding hydrogens is 368 g/mol. The molecular formula is C23H28N2O2S. The number of rotatable bonds is 6. The van der Waals surface area contributed by atoms with Gasteiger partial charge in [-0.05, 0) is 57.0 Å². The van der Waals surface area contributed by atoms with Crippen LogP contribution in [-0.2, 0) is 0 Å². The summed E-state index contributed by atoms with van der Waals surface area (Å²) in [6.07, 6.45) is 3.66. The van der Waals surface area contributed by atoms with E-state index in [1.165, 1.54) is 19.4 Å². The van der Waals surface area contributed by atoms with E-state index in [1.807, 2.05) is 47.4 Å². The van der Waals surface area contributed by atoms with Gasteiger partial charge in [-0.3, -0.25) is 4.79 Å². The molecule has 0 saturated carbocycles. The Labute approximate surface area is 171 Å². The number of fused-ring (bicyclic) bond motifs is 1. The number of hydrogen-bond acceptors (Lipinski definition) is 4. The summed E-state index contributed by atoms with van der Waals surface area (Å²) >= 11 is 1.80. The van der Waals surface area contributed by atoms with Gasteiger partial charge in [-0.1, -0.05) is 18.2 Å². The molecule has 0 aliphatic carbocycles. The molecule has 0 aromatic heterocycles. The molecule has 1 fully saturated rings. The van der Waals surface area contributed by atoms with Crippen molar-refractivity contribution < 1.29 is 9.53 Å². The van der Waals surface area contributed by atoms with Gasteiger partial charge in [0.05, 0.1) is 12.3 Å². The highest BCUT2D eigenvalue weighted by Gasteiger charge is 2.24. The molecule has 0 radical (unpaired) electrons. The van der Waals surface area contributed by atoms with Crippen LogP contribution >= 0.6 is 11.8 Å². The largest absolute Gasteiger partial charge is 0.493 e. The van der Waals surface area contributed by atoms with Crippen LogP contribution in [0.3, 0.4) is 0 Å². The monoisotopic (exact) mass is 396 g/mol. The van der Waals surface area contributed by atoms with Crippen molar-refractivity contribution in [1.29, 1.82) is 0 Å². The van der Waals surface area contributed by atoms with E-state index in [4.69, 9.17) is 4.74 Å². The first-order valence-corrected chi connectivity index (χ1v) is 11.2. The molecule has 2 aromatic rings. The van der Waals surface area contributed by atoms with Crippen molar-refractivity contribution in [3.8, 4) is 5.75 Å². The molecule has 28 heavy (non-hydrogen) atoms. The minimum atomic E-state index is 0.0577. The Bertz CT molecular complexity index is 812. The van der Waals surface area contributed by atoms with Crippen LogP contribution in [0.5, 0.6) is 5.75 Å². The lowest BCUT2D eigenvalue weighted by Gasteiger charge is -2.29. The summed E-state index contributed by atoms with van der Waals surface area (Å²) in [6, 6.07) is 16.4. The fraction of sp³-hybridized carbons (Fsp3) is 0.435. The number of carbonyl (C=O) groups excluding carboxylic acids is 1. The number of benzene rings is 2. The van der Waals surface area contributed by atoms with Crippen molar-refractivity contribution >= 4 is 23.4 Å². The normalized spacial score (nSPS) is 19.5. The van der Waals surface area contributed by atoms with Crippen molar-refractivity contribution in [2.24, 2.45) is 0 Å². The maximum Gasteiger partial charge on any atom is 0.258 e. The first-order valence-electron chi connectivity index (χ1n) is 10.2. The third kappa shape index (κ3) is 4.36. The first-order chi connectivity index (χ1) is 13.7. The zero-order valence-electron chi connectivity index (χ0n) is 16.5. The highest BCUT2D eigenvalue weighted by atomic mass is 32.2. The lowest BCUT2D eigenvalue weighted by atomic mass is 10.1. The van der Waals surface area contributed by atoms with Crippen LogP contribution in [0.4, 0.5) is 5.69 Å². The topological polar surface area (TPSA) is 32.8 Å². The molecule has 2 aromatic carbocycles. The summed E-state index contributed by atoms with van der Waals surface area (Å²) < 4.78 is 6.03. The number of anilines is 1. The molecule has 0 N–H and O–H groups in total. The van der Waals surface area contributed by atoms with Gasteiger partial charge in [0.2, 0.25) is 0 Å². The van der Waals surface area contributed by atoms with Crippen molar-refractivity contribution in [3.63, 3.8) is 0 Å². The molecule has 0 spiro atoms. The Kier molecular flexibility index (Phi) is 6.23. The van der Waals surface area contributed by atoms with E-state index in [9.17, 15) is 4.79 Å². The molecule has 4 nitrogen and oxygen atoms in total. The second kappa shape index (κ2) is 9.01. The fourth-order valence-electron chi connectivity index (χ4n) is 4.02. The first kappa shape index (κ1) is 19.3. The van der Waals surface area contributed by atoms with Gasteiger partial charge in [0.1, 0.15) is 5.75 Å². The summed E-state index contributed by atoms with van der Waals surface area (Å²) in [5.74, 6) is 1.82. The summed E-state index contributed by atoms with van der Waals surface area (Å²) in [7, 11) is 0. The predicted molar refractivity (Wildman–Crippen MR) is 116 cm³/mol. The van der Waals surface area contributed by atoms with E-state index in [0.717, 1.165) is 47.2 Å². The Hall–Kier alpha value is -1.98. The minimum Gasteiger partial charge on any atom is -0.493 e. The van der Waals surface area contributed by atoms with Crippen LogP contribution in [0.15, 0.2) is 53.4 Å². The van der Waals surface area contributed by atoms with Gasteiger partial charge in [0.15, 0.2) is 0 Å². The SMILES string of the molecule is CC1CCCN1CCCOc1ccc2c(c1)N(C(=O)c1ccccc1)CCS2. The minimum absolute atomic E-state index is 0.0577. The summed E-state index contributed by atoms with van der Waals surface area (Å²) in [5, 5.41) is 0. The lowest BCUT2D eigenvalue weighted by molar-refractivity contribution is 0.0987. The highest BCUT2D eigenvalue weighted by molar-refractivity contribution is 7.99. The molecule has 2 aliphatic rings. The third-order valence-electron chi connectivity index (χ3n) is 5.61. The molecule has 1 amide bonds. The molecule has 1 atom stereocenters. The van der Waals surface area contributed by atoms with E-state index in [1.54, 1.807) is 11.8 Å². The smallest absolute Gasteiger partial charge is 0.258 e. The van der Waals surface area contributed by atoms with Crippen molar-refractivity contribution in [2.75, 3.05) is 36.9 Å².